The molecule has 1 aromatic rings. The molecule has 20 heavy (non-hydrogen) atoms. The lowest BCUT2D eigenvalue weighted by molar-refractivity contribution is 0.263. The van der Waals surface area contributed by atoms with E-state index in [1.807, 2.05) is 0 Å². The summed E-state index contributed by atoms with van der Waals surface area (Å²) in [5.41, 5.74) is 7.05. The Kier molecular flexibility index (Phi) is 4.35. The number of nitrogens with two attached hydrogens (primary N) is 1. The van der Waals surface area contributed by atoms with Crippen LogP contribution in [0, 0.1) is 11.3 Å². The van der Waals surface area contributed by atoms with Crippen molar-refractivity contribution in [3.63, 3.8) is 0 Å². The summed E-state index contributed by atoms with van der Waals surface area (Å²) < 4.78 is 5.58. The quantitative estimate of drug-likeness (QED) is 0.917. The average molecular weight is 278 g/mol. The zero-order valence-corrected chi connectivity index (χ0v) is 13.0. The molecule has 0 spiro atoms. The van der Waals surface area contributed by atoms with Crippen molar-refractivity contribution < 1.29 is 4.74 Å². The molecular formula is C15H26N4O. The highest BCUT2D eigenvalue weighted by atomic mass is 16.5. The SMILES string of the molecule is CCCOc1ncnc(N2CCC(C(C)(C)C)C2)c1N. The van der Waals surface area contributed by atoms with Gasteiger partial charge in [-0.3, -0.25) is 0 Å². The topological polar surface area (TPSA) is 64.3 Å². The molecule has 112 valence electrons. The molecule has 1 saturated heterocycles. The van der Waals surface area contributed by atoms with Crippen molar-refractivity contribution in [3.8, 4) is 5.88 Å². The summed E-state index contributed by atoms with van der Waals surface area (Å²) in [7, 11) is 0. The summed E-state index contributed by atoms with van der Waals surface area (Å²) in [6, 6.07) is 0. The van der Waals surface area contributed by atoms with Crippen LogP contribution >= 0.6 is 0 Å². The van der Waals surface area contributed by atoms with Gasteiger partial charge in [-0.05, 0) is 24.2 Å². The van der Waals surface area contributed by atoms with Crippen LogP contribution in [0.2, 0.25) is 0 Å². The van der Waals surface area contributed by atoms with Gasteiger partial charge in [0, 0.05) is 13.1 Å². The Balaban J connectivity index is 2.14. The molecule has 2 rings (SSSR count). The number of rotatable bonds is 4. The van der Waals surface area contributed by atoms with Crippen LogP contribution < -0.4 is 15.4 Å². The van der Waals surface area contributed by atoms with Crippen molar-refractivity contribution >= 4 is 11.5 Å². The number of aromatic nitrogens is 2. The highest BCUT2D eigenvalue weighted by Gasteiger charge is 2.33. The Bertz CT molecular complexity index is 456. The van der Waals surface area contributed by atoms with Crippen molar-refractivity contribution in [2.45, 2.75) is 40.5 Å². The lowest BCUT2D eigenvalue weighted by atomic mass is 9.80. The summed E-state index contributed by atoms with van der Waals surface area (Å²) >= 11 is 0. The van der Waals surface area contributed by atoms with E-state index >= 15 is 0 Å². The molecule has 5 nitrogen and oxygen atoms in total. The van der Waals surface area contributed by atoms with Crippen molar-refractivity contribution in [2.75, 3.05) is 30.3 Å². The van der Waals surface area contributed by atoms with Gasteiger partial charge < -0.3 is 15.4 Å². The highest BCUT2D eigenvalue weighted by molar-refractivity contribution is 5.68. The summed E-state index contributed by atoms with van der Waals surface area (Å²) in [6.45, 7) is 11.6. The first-order valence-electron chi connectivity index (χ1n) is 7.41. The van der Waals surface area contributed by atoms with Crippen molar-refractivity contribution in [3.05, 3.63) is 6.33 Å². The second-order valence-corrected chi connectivity index (χ2v) is 6.56. The maximum Gasteiger partial charge on any atom is 0.242 e. The fourth-order valence-electron chi connectivity index (χ4n) is 2.60. The Morgan fingerprint density at radius 1 is 1.40 bits per heavy atom. The highest BCUT2D eigenvalue weighted by Crippen LogP contribution is 2.37. The van der Waals surface area contributed by atoms with Crippen LogP contribution in [0.25, 0.3) is 0 Å². The molecule has 1 aliphatic heterocycles. The summed E-state index contributed by atoms with van der Waals surface area (Å²) in [6.07, 6.45) is 3.66. The maximum absolute atomic E-state index is 6.17. The van der Waals surface area contributed by atoms with Crippen LogP contribution in [0.4, 0.5) is 11.5 Å². The molecule has 2 heterocycles. The third kappa shape index (κ3) is 3.14. The predicted molar refractivity (Wildman–Crippen MR) is 82.0 cm³/mol. The number of ether oxygens (including phenoxy) is 1. The van der Waals surface area contributed by atoms with E-state index in [1.165, 1.54) is 6.42 Å². The number of nitrogen functional groups attached to an aromatic ring is 1. The van der Waals surface area contributed by atoms with Gasteiger partial charge in [0.15, 0.2) is 5.82 Å². The molecular weight excluding hydrogens is 252 g/mol. The van der Waals surface area contributed by atoms with Gasteiger partial charge in [-0.15, -0.1) is 0 Å². The van der Waals surface area contributed by atoms with Crippen LogP contribution in [-0.4, -0.2) is 29.7 Å². The fourth-order valence-corrected chi connectivity index (χ4v) is 2.60. The van der Waals surface area contributed by atoms with E-state index in [0.29, 0.717) is 29.5 Å². The molecule has 0 aliphatic carbocycles. The van der Waals surface area contributed by atoms with E-state index in [1.54, 1.807) is 6.33 Å². The minimum Gasteiger partial charge on any atom is -0.476 e. The molecule has 0 bridgehead atoms. The Morgan fingerprint density at radius 2 is 2.15 bits per heavy atom. The van der Waals surface area contributed by atoms with Crippen LogP contribution in [-0.2, 0) is 0 Å². The smallest absolute Gasteiger partial charge is 0.242 e. The predicted octanol–water partition coefficient (Wildman–Crippen LogP) is 2.72. The second-order valence-electron chi connectivity index (χ2n) is 6.56. The first-order valence-corrected chi connectivity index (χ1v) is 7.41. The molecule has 1 atom stereocenters. The lowest BCUT2D eigenvalue weighted by Crippen LogP contribution is -2.27. The van der Waals surface area contributed by atoms with Gasteiger partial charge in [-0.25, -0.2) is 4.98 Å². The van der Waals surface area contributed by atoms with Crippen molar-refractivity contribution in [2.24, 2.45) is 11.3 Å². The van der Waals surface area contributed by atoms with E-state index in [4.69, 9.17) is 10.5 Å². The van der Waals surface area contributed by atoms with Gasteiger partial charge in [0.25, 0.3) is 0 Å². The van der Waals surface area contributed by atoms with Crippen LogP contribution in [0.3, 0.4) is 0 Å². The first kappa shape index (κ1) is 14.9. The summed E-state index contributed by atoms with van der Waals surface area (Å²) in [5, 5.41) is 0. The Morgan fingerprint density at radius 3 is 2.75 bits per heavy atom. The molecule has 1 fully saturated rings. The second kappa shape index (κ2) is 5.85. The maximum atomic E-state index is 6.17. The van der Waals surface area contributed by atoms with Gasteiger partial charge >= 0.3 is 0 Å². The van der Waals surface area contributed by atoms with Gasteiger partial charge in [-0.2, -0.15) is 4.98 Å². The van der Waals surface area contributed by atoms with E-state index < -0.39 is 0 Å². The van der Waals surface area contributed by atoms with E-state index in [-0.39, 0.29) is 0 Å². The third-order valence-electron chi connectivity index (χ3n) is 3.98. The minimum atomic E-state index is 0.318. The van der Waals surface area contributed by atoms with E-state index in [2.05, 4.69) is 42.6 Å². The molecule has 0 radical (unpaired) electrons. The van der Waals surface area contributed by atoms with Crippen LogP contribution in [0.5, 0.6) is 5.88 Å². The minimum absolute atomic E-state index is 0.318. The standard InChI is InChI=1S/C15H26N4O/c1-5-8-20-14-12(16)13(17-10-18-14)19-7-6-11(9-19)15(2,3)4/h10-11H,5-9,16H2,1-4H3. The molecule has 1 aromatic heterocycles. The Labute approximate surface area is 121 Å². The number of hydrogen-bond donors (Lipinski definition) is 1. The third-order valence-corrected chi connectivity index (χ3v) is 3.98. The monoisotopic (exact) mass is 278 g/mol. The van der Waals surface area contributed by atoms with Crippen LogP contribution in [0.1, 0.15) is 40.5 Å². The zero-order valence-electron chi connectivity index (χ0n) is 13.0. The van der Waals surface area contributed by atoms with Crippen molar-refractivity contribution in [1.82, 2.24) is 9.97 Å². The fraction of sp³-hybridized carbons (Fsp3) is 0.733. The van der Waals surface area contributed by atoms with Gasteiger partial charge in [-0.1, -0.05) is 27.7 Å². The number of nitrogens with zero attached hydrogens (tertiary/aromatic N) is 3. The average Bonchev–Trinajstić information content (AvgIpc) is 2.87. The lowest BCUT2D eigenvalue weighted by Gasteiger charge is -2.27. The van der Waals surface area contributed by atoms with Gasteiger partial charge in [0.05, 0.1) is 6.61 Å². The normalized spacial score (nSPS) is 19.4. The summed E-state index contributed by atoms with van der Waals surface area (Å²) in [4.78, 5) is 10.7. The molecule has 1 aliphatic rings. The molecule has 2 N–H and O–H groups in total. The molecule has 0 amide bonds. The van der Waals surface area contributed by atoms with E-state index in [0.717, 1.165) is 25.3 Å². The molecule has 0 aromatic carbocycles. The molecule has 0 saturated carbocycles. The first-order chi connectivity index (χ1) is 9.43. The summed E-state index contributed by atoms with van der Waals surface area (Å²) in [5.74, 6) is 1.99. The zero-order chi connectivity index (χ0) is 14.8. The van der Waals surface area contributed by atoms with E-state index in [9.17, 15) is 0 Å². The number of hydrogen-bond acceptors (Lipinski definition) is 5. The largest absolute Gasteiger partial charge is 0.476 e. The molecule has 5 heteroatoms. The van der Waals surface area contributed by atoms with Crippen molar-refractivity contribution in [1.29, 1.82) is 0 Å². The molecule has 1 unspecified atom stereocenters. The Hall–Kier alpha value is -1.52. The van der Waals surface area contributed by atoms with Crippen LogP contribution in [0.15, 0.2) is 6.33 Å². The number of anilines is 2. The van der Waals surface area contributed by atoms with Gasteiger partial charge in [0.2, 0.25) is 5.88 Å². The van der Waals surface area contributed by atoms with Gasteiger partial charge in [0.1, 0.15) is 12.0 Å².